The molecular formula is C23H32N4O4. The van der Waals surface area contributed by atoms with Gasteiger partial charge in [0.2, 0.25) is 0 Å². The predicted octanol–water partition coefficient (Wildman–Crippen LogP) is 3.34. The Hall–Kier alpha value is -2.87. The Labute approximate surface area is 183 Å². The standard InChI is InChI=1S/C23H32N4O4/c1-23(2,3)31-22(29)26-14-20-12-19(16-30-20)21(28)25-13-17-6-10-27(11-7-17)15-18-4-8-24-9-5-18/h4-5,8-9,12,16-17H,6-7,10-11,13-15H2,1-3H3,(H,25,28)(H,26,29). The van der Waals surface area contributed by atoms with Crippen molar-refractivity contribution in [1.29, 1.82) is 0 Å². The zero-order valence-electron chi connectivity index (χ0n) is 18.5. The molecule has 0 aromatic carbocycles. The predicted molar refractivity (Wildman–Crippen MR) is 116 cm³/mol. The zero-order valence-corrected chi connectivity index (χ0v) is 18.5. The number of ether oxygens (including phenoxy) is 1. The fourth-order valence-electron chi connectivity index (χ4n) is 3.50. The highest BCUT2D eigenvalue weighted by Crippen LogP contribution is 2.18. The number of aromatic nitrogens is 1. The minimum Gasteiger partial charge on any atom is -0.467 e. The quantitative estimate of drug-likeness (QED) is 0.702. The number of hydrogen-bond acceptors (Lipinski definition) is 6. The zero-order chi connectivity index (χ0) is 22.3. The molecule has 0 spiro atoms. The van der Waals surface area contributed by atoms with E-state index in [-0.39, 0.29) is 12.5 Å². The molecule has 0 radical (unpaired) electrons. The van der Waals surface area contributed by atoms with Crippen LogP contribution >= 0.6 is 0 Å². The molecule has 3 heterocycles. The SMILES string of the molecule is CC(C)(C)OC(=O)NCc1cc(C(=O)NCC2CCN(Cc3ccncc3)CC2)co1. The highest BCUT2D eigenvalue weighted by molar-refractivity contribution is 5.93. The monoisotopic (exact) mass is 428 g/mol. The Kier molecular flexibility index (Phi) is 7.68. The number of amides is 2. The number of nitrogens with one attached hydrogen (secondary N) is 2. The summed E-state index contributed by atoms with van der Waals surface area (Å²) in [6.45, 7) is 9.20. The molecule has 2 aromatic heterocycles. The van der Waals surface area contributed by atoms with Crippen LogP contribution in [0, 0.1) is 5.92 Å². The normalized spacial score (nSPS) is 15.5. The number of carbonyl (C=O) groups is 2. The van der Waals surface area contributed by atoms with E-state index in [4.69, 9.17) is 9.15 Å². The summed E-state index contributed by atoms with van der Waals surface area (Å²) < 4.78 is 10.6. The smallest absolute Gasteiger partial charge is 0.408 e. The fourth-order valence-corrected chi connectivity index (χ4v) is 3.50. The van der Waals surface area contributed by atoms with E-state index in [0.717, 1.165) is 32.5 Å². The van der Waals surface area contributed by atoms with Crippen molar-refractivity contribution in [3.8, 4) is 0 Å². The Bertz CT molecular complexity index is 852. The number of rotatable bonds is 7. The van der Waals surface area contributed by atoms with Gasteiger partial charge in [0, 0.05) is 25.5 Å². The van der Waals surface area contributed by atoms with E-state index in [1.54, 1.807) is 26.8 Å². The van der Waals surface area contributed by atoms with E-state index in [1.165, 1.54) is 11.8 Å². The molecule has 8 heteroatoms. The van der Waals surface area contributed by atoms with Crippen LogP contribution in [0.5, 0.6) is 0 Å². The molecule has 0 bridgehead atoms. The molecule has 0 unspecified atom stereocenters. The van der Waals surface area contributed by atoms with Crippen molar-refractivity contribution in [3.05, 3.63) is 53.7 Å². The van der Waals surface area contributed by atoms with Gasteiger partial charge in [-0.2, -0.15) is 0 Å². The molecular weight excluding hydrogens is 396 g/mol. The maximum absolute atomic E-state index is 12.4. The molecule has 0 aliphatic carbocycles. The van der Waals surface area contributed by atoms with Crippen molar-refractivity contribution in [2.24, 2.45) is 5.92 Å². The third kappa shape index (κ3) is 7.71. The summed E-state index contributed by atoms with van der Waals surface area (Å²) >= 11 is 0. The first kappa shape index (κ1) is 22.8. The van der Waals surface area contributed by atoms with Crippen molar-refractivity contribution in [3.63, 3.8) is 0 Å². The maximum Gasteiger partial charge on any atom is 0.408 e. The lowest BCUT2D eigenvalue weighted by Gasteiger charge is -2.32. The second-order valence-corrected chi connectivity index (χ2v) is 8.94. The third-order valence-electron chi connectivity index (χ3n) is 5.14. The second kappa shape index (κ2) is 10.4. The van der Waals surface area contributed by atoms with Gasteiger partial charge in [0.15, 0.2) is 0 Å². The first-order chi connectivity index (χ1) is 14.8. The third-order valence-corrected chi connectivity index (χ3v) is 5.14. The van der Waals surface area contributed by atoms with Crippen LogP contribution in [0.2, 0.25) is 0 Å². The molecule has 0 atom stereocenters. The minimum absolute atomic E-state index is 0.161. The van der Waals surface area contributed by atoms with Crippen molar-refractivity contribution in [1.82, 2.24) is 20.5 Å². The first-order valence-corrected chi connectivity index (χ1v) is 10.7. The Balaban J connectivity index is 1.36. The van der Waals surface area contributed by atoms with E-state index in [0.29, 0.717) is 23.8 Å². The molecule has 31 heavy (non-hydrogen) atoms. The molecule has 168 valence electrons. The van der Waals surface area contributed by atoms with Gasteiger partial charge in [0.1, 0.15) is 17.6 Å². The number of likely N-dealkylation sites (tertiary alicyclic amines) is 1. The summed E-state index contributed by atoms with van der Waals surface area (Å²) in [4.78, 5) is 30.6. The van der Waals surface area contributed by atoms with Gasteiger partial charge >= 0.3 is 6.09 Å². The Morgan fingerprint density at radius 2 is 1.90 bits per heavy atom. The fraction of sp³-hybridized carbons (Fsp3) is 0.522. The number of piperidine rings is 1. The highest BCUT2D eigenvalue weighted by atomic mass is 16.6. The molecule has 2 N–H and O–H groups in total. The van der Waals surface area contributed by atoms with E-state index < -0.39 is 11.7 Å². The summed E-state index contributed by atoms with van der Waals surface area (Å²) in [6, 6.07) is 5.74. The largest absolute Gasteiger partial charge is 0.467 e. The number of hydrogen-bond donors (Lipinski definition) is 2. The average molecular weight is 429 g/mol. The van der Waals surface area contributed by atoms with Gasteiger partial charge in [-0.15, -0.1) is 0 Å². The van der Waals surface area contributed by atoms with E-state index >= 15 is 0 Å². The van der Waals surface area contributed by atoms with Crippen LogP contribution in [0.1, 0.15) is 55.3 Å². The van der Waals surface area contributed by atoms with Gasteiger partial charge in [0.25, 0.3) is 5.91 Å². The lowest BCUT2D eigenvalue weighted by molar-refractivity contribution is 0.0519. The van der Waals surface area contributed by atoms with Crippen molar-refractivity contribution in [2.45, 2.75) is 52.3 Å². The van der Waals surface area contributed by atoms with Crippen LogP contribution in [0.15, 0.2) is 41.3 Å². The lowest BCUT2D eigenvalue weighted by Crippen LogP contribution is -2.38. The summed E-state index contributed by atoms with van der Waals surface area (Å²) in [5.74, 6) is 0.810. The van der Waals surface area contributed by atoms with Crippen LogP contribution in [0.25, 0.3) is 0 Å². The van der Waals surface area contributed by atoms with Gasteiger partial charge in [-0.1, -0.05) is 0 Å². The second-order valence-electron chi connectivity index (χ2n) is 8.94. The summed E-state index contributed by atoms with van der Waals surface area (Å²) in [7, 11) is 0. The number of furan rings is 1. The van der Waals surface area contributed by atoms with Crippen LogP contribution < -0.4 is 10.6 Å². The van der Waals surface area contributed by atoms with Crippen molar-refractivity contribution >= 4 is 12.0 Å². The van der Waals surface area contributed by atoms with Gasteiger partial charge in [0.05, 0.1) is 12.1 Å². The molecule has 1 saturated heterocycles. The van der Waals surface area contributed by atoms with Gasteiger partial charge in [-0.3, -0.25) is 14.7 Å². The number of nitrogens with zero attached hydrogens (tertiary/aromatic N) is 2. The maximum atomic E-state index is 12.4. The number of carbonyl (C=O) groups excluding carboxylic acids is 2. The van der Waals surface area contributed by atoms with E-state index in [9.17, 15) is 9.59 Å². The summed E-state index contributed by atoms with van der Waals surface area (Å²) in [6.07, 6.45) is 6.66. The van der Waals surface area contributed by atoms with Gasteiger partial charge in [-0.05, 0) is 76.4 Å². The minimum atomic E-state index is -0.562. The molecule has 2 aromatic rings. The molecule has 1 aliphatic heterocycles. The van der Waals surface area contributed by atoms with Crippen molar-refractivity contribution in [2.75, 3.05) is 19.6 Å². The lowest BCUT2D eigenvalue weighted by atomic mass is 9.96. The van der Waals surface area contributed by atoms with E-state index in [2.05, 4.69) is 32.7 Å². The van der Waals surface area contributed by atoms with Gasteiger partial charge < -0.3 is 19.8 Å². The molecule has 8 nitrogen and oxygen atoms in total. The number of alkyl carbamates (subject to hydrolysis) is 1. The molecule has 3 rings (SSSR count). The van der Waals surface area contributed by atoms with Gasteiger partial charge in [-0.25, -0.2) is 4.79 Å². The molecule has 1 fully saturated rings. The Morgan fingerprint density at radius 3 is 2.58 bits per heavy atom. The van der Waals surface area contributed by atoms with Crippen LogP contribution in [0.3, 0.4) is 0 Å². The molecule has 0 saturated carbocycles. The van der Waals surface area contributed by atoms with Crippen LogP contribution in [0.4, 0.5) is 4.79 Å². The van der Waals surface area contributed by atoms with Crippen LogP contribution in [-0.4, -0.2) is 47.1 Å². The number of pyridine rings is 1. The summed E-state index contributed by atoms with van der Waals surface area (Å²) in [5, 5.41) is 5.62. The summed E-state index contributed by atoms with van der Waals surface area (Å²) in [5.41, 5.74) is 1.17. The van der Waals surface area contributed by atoms with Crippen molar-refractivity contribution < 1.29 is 18.7 Å². The first-order valence-electron chi connectivity index (χ1n) is 10.7. The van der Waals surface area contributed by atoms with Crippen LogP contribution in [-0.2, 0) is 17.8 Å². The van der Waals surface area contributed by atoms with E-state index in [1.807, 2.05) is 12.4 Å². The molecule has 1 aliphatic rings. The topological polar surface area (TPSA) is 96.7 Å². The molecule has 2 amide bonds. The average Bonchev–Trinajstić information content (AvgIpc) is 3.20. The highest BCUT2D eigenvalue weighted by Gasteiger charge is 2.21. The Morgan fingerprint density at radius 1 is 1.19 bits per heavy atom.